The van der Waals surface area contributed by atoms with Crippen molar-refractivity contribution in [3.05, 3.63) is 77.1 Å². The van der Waals surface area contributed by atoms with E-state index in [1.54, 1.807) is 16.8 Å². The quantitative estimate of drug-likeness (QED) is 0.518. The summed E-state index contributed by atoms with van der Waals surface area (Å²) in [5.74, 6) is -1.37. The highest BCUT2D eigenvalue weighted by atomic mass is 16.4. The number of fused-ring (bicyclic) bond motifs is 1. The first-order valence-electron chi connectivity index (χ1n) is 9.12. The molecule has 146 valence electrons. The number of carbonyl (C=O) groups is 3. The number of aliphatic carboxylic acids is 1. The van der Waals surface area contributed by atoms with Crippen LogP contribution in [-0.2, 0) is 22.7 Å². The van der Waals surface area contributed by atoms with Crippen LogP contribution < -0.4 is 5.32 Å². The van der Waals surface area contributed by atoms with Gasteiger partial charge in [-0.25, -0.2) is 4.79 Å². The average molecular weight is 389 g/mol. The van der Waals surface area contributed by atoms with Gasteiger partial charge < -0.3 is 15.0 Å². The van der Waals surface area contributed by atoms with E-state index in [-0.39, 0.29) is 18.8 Å². The number of imide groups is 1. The fourth-order valence-corrected chi connectivity index (χ4v) is 3.53. The molecule has 0 atom stereocenters. The number of nitrogens with one attached hydrogen (secondary N) is 1. The molecule has 1 aliphatic rings. The number of nitrogens with zero attached hydrogens (tertiary/aromatic N) is 2. The number of carboxylic acid groups (broad SMARTS) is 1. The zero-order valence-electron chi connectivity index (χ0n) is 15.8. The van der Waals surface area contributed by atoms with Crippen molar-refractivity contribution < 1.29 is 19.5 Å². The Morgan fingerprint density at radius 2 is 1.93 bits per heavy atom. The van der Waals surface area contributed by atoms with E-state index in [0.717, 1.165) is 26.9 Å². The molecule has 1 aromatic heterocycles. The summed E-state index contributed by atoms with van der Waals surface area (Å²) in [4.78, 5) is 37.5. The minimum atomic E-state index is -0.959. The normalized spacial score (nSPS) is 15.3. The maximum Gasteiger partial charge on any atom is 0.329 e. The molecule has 1 saturated heterocycles. The van der Waals surface area contributed by atoms with Crippen molar-refractivity contribution in [1.29, 1.82) is 0 Å². The van der Waals surface area contributed by atoms with Crippen molar-refractivity contribution in [2.45, 2.75) is 20.0 Å². The molecule has 0 unspecified atom stereocenters. The van der Waals surface area contributed by atoms with Gasteiger partial charge in [0.25, 0.3) is 5.91 Å². The number of para-hydroxylation sites is 1. The summed E-state index contributed by atoms with van der Waals surface area (Å²) in [6.45, 7) is 1.95. The number of hydrogen-bond acceptors (Lipinski definition) is 3. The molecule has 4 rings (SSSR count). The lowest BCUT2D eigenvalue weighted by Gasteiger charge is -2.12. The molecule has 0 spiro atoms. The number of carbonyl (C=O) groups excluding carboxylic acids is 2. The predicted molar refractivity (Wildman–Crippen MR) is 108 cm³/mol. The number of hydrogen-bond donors (Lipinski definition) is 2. The Morgan fingerprint density at radius 1 is 1.14 bits per heavy atom. The van der Waals surface area contributed by atoms with Gasteiger partial charge in [-0.3, -0.25) is 14.5 Å². The van der Waals surface area contributed by atoms with Crippen LogP contribution in [0.25, 0.3) is 17.0 Å². The lowest BCUT2D eigenvalue weighted by Crippen LogP contribution is -2.30. The largest absolute Gasteiger partial charge is 0.480 e. The Bertz CT molecular complexity index is 1180. The van der Waals surface area contributed by atoms with E-state index in [1.165, 1.54) is 0 Å². The average Bonchev–Trinajstić information content (AvgIpc) is 3.14. The van der Waals surface area contributed by atoms with Crippen LogP contribution in [0.2, 0.25) is 0 Å². The Morgan fingerprint density at radius 3 is 2.69 bits per heavy atom. The Balaban J connectivity index is 1.66. The summed E-state index contributed by atoms with van der Waals surface area (Å²) >= 11 is 0. The lowest BCUT2D eigenvalue weighted by atomic mass is 10.1. The van der Waals surface area contributed by atoms with Crippen LogP contribution in [0, 0.1) is 6.92 Å². The van der Waals surface area contributed by atoms with E-state index in [1.807, 2.05) is 55.5 Å². The topological polar surface area (TPSA) is 91.6 Å². The van der Waals surface area contributed by atoms with Gasteiger partial charge in [-0.1, -0.05) is 48.0 Å². The summed E-state index contributed by atoms with van der Waals surface area (Å²) in [6.07, 6.45) is 3.27. The Hall–Kier alpha value is -3.87. The molecule has 1 fully saturated rings. The minimum absolute atomic E-state index is 0.167. The molecule has 1 aliphatic heterocycles. The van der Waals surface area contributed by atoms with Gasteiger partial charge in [0.15, 0.2) is 0 Å². The number of carboxylic acids is 1. The molecule has 2 aromatic carbocycles. The van der Waals surface area contributed by atoms with Crippen molar-refractivity contribution in [3.63, 3.8) is 0 Å². The van der Waals surface area contributed by atoms with Crippen LogP contribution in [0.4, 0.5) is 4.79 Å². The molecule has 29 heavy (non-hydrogen) atoms. The highest BCUT2D eigenvalue weighted by molar-refractivity contribution is 6.14. The standard InChI is InChI=1S/C22H19N3O4/c1-14-5-4-6-15(9-14)11-25-21(28)18(23-22(25)29)10-16-12-24(13-20(26)27)19-8-3-2-7-17(16)19/h2-10,12H,11,13H2,1H3,(H,23,29)(H,26,27)/b18-10+. The van der Waals surface area contributed by atoms with Crippen LogP contribution in [0.3, 0.4) is 0 Å². The molecule has 3 aromatic rings. The second-order valence-corrected chi connectivity index (χ2v) is 6.99. The van der Waals surface area contributed by atoms with Gasteiger partial charge in [-0.15, -0.1) is 0 Å². The minimum Gasteiger partial charge on any atom is -0.480 e. The number of benzene rings is 2. The summed E-state index contributed by atoms with van der Waals surface area (Å²) in [5, 5.41) is 12.6. The summed E-state index contributed by atoms with van der Waals surface area (Å²) in [6, 6.07) is 14.5. The Kier molecular flexibility index (Phi) is 4.64. The molecule has 2 heterocycles. The third-order valence-electron chi connectivity index (χ3n) is 4.81. The monoisotopic (exact) mass is 389 g/mol. The van der Waals surface area contributed by atoms with Gasteiger partial charge in [0.1, 0.15) is 12.2 Å². The zero-order valence-corrected chi connectivity index (χ0v) is 15.8. The van der Waals surface area contributed by atoms with Gasteiger partial charge in [-0.05, 0) is 24.6 Å². The van der Waals surface area contributed by atoms with Crippen molar-refractivity contribution in [2.24, 2.45) is 0 Å². The first-order valence-corrected chi connectivity index (χ1v) is 9.12. The summed E-state index contributed by atoms with van der Waals surface area (Å²) in [5.41, 5.74) is 3.50. The molecule has 0 radical (unpaired) electrons. The molecule has 7 nitrogen and oxygen atoms in total. The second kappa shape index (κ2) is 7.27. The van der Waals surface area contributed by atoms with Crippen LogP contribution >= 0.6 is 0 Å². The number of urea groups is 1. The van der Waals surface area contributed by atoms with Gasteiger partial charge in [0, 0.05) is 22.7 Å². The first-order chi connectivity index (χ1) is 13.9. The number of rotatable bonds is 5. The Labute approximate surface area is 166 Å². The summed E-state index contributed by atoms with van der Waals surface area (Å²) < 4.78 is 1.61. The zero-order chi connectivity index (χ0) is 20.5. The van der Waals surface area contributed by atoms with Crippen molar-refractivity contribution in [3.8, 4) is 0 Å². The number of aryl methyl sites for hydroxylation is 1. The van der Waals surface area contributed by atoms with Crippen LogP contribution in [0.15, 0.2) is 60.4 Å². The molecule has 0 saturated carbocycles. The third kappa shape index (κ3) is 3.62. The first kappa shape index (κ1) is 18.5. The van der Waals surface area contributed by atoms with E-state index in [4.69, 9.17) is 5.11 Å². The van der Waals surface area contributed by atoms with Gasteiger partial charge in [-0.2, -0.15) is 0 Å². The van der Waals surface area contributed by atoms with E-state index in [2.05, 4.69) is 5.32 Å². The van der Waals surface area contributed by atoms with Gasteiger partial charge >= 0.3 is 12.0 Å². The fraction of sp³-hybridized carbons (Fsp3) is 0.136. The summed E-state index contributed by atoms with van der Waals surface area (Å²) in [7, 11) is 0. The highest BCUT2D eigenvalue weighted by Crippen LogP contribution is 2.25. The fourth-order valence-electron chi connectivity index (χ4n) is 3.53. The van der Waals surface area contributed by atoms with Gasteiger partial charge in [0.2, 0.25) is 0 Å². The van der Waals surface area contributed by atoms with Crippen molar-refractivity contribution in [2.75, 3.05) is 0 Å². The molecular weight excluding hydrogens is 370 g/mol. The smallest absolute Gasteiger partial charge is 0.329 e. The third-order valence-corrected chi connectivity index (χ3v) is 4.81. The molecule has 7 heteroatoms. The van der Waals surface area contributed by atoms with Crippen LogP contribution in [-0.4, -0.2) is 32.5 Å². The SMILES string of the molecule is Cc1cccc(CN2C(=O)N/C(=C/c3cn(CC(=O)O)c4ccccc34)C2=O)c1. The molecule has 0 aliphatic carbocycles. The molecule has 3 amide bonds. The maximum atomic E-state index is 12.8. The number of aromatic nitrogens is 1. The van der Waals surface area contributed by atoms with Crippen LogP contribution in [0.5, 0.6) is 0 Å². The van der Waals surface area contributed by atoms with Crippen molar-refractivity contribution >= 4 is 34.9 Å². The van der Waals surface area contributed by atoms with E-state index in [0.29, 0.717) is 5.56 Å². The highest BCUT2D eigenvalue weighted by Gasteiger charge is 2.33. The maximum absolute atomic E-state index is 12.8. The molecule has 0 bridgehead atoms. The van der Waals surface area contributed by atoms with E-state index >= 15 is 0 Å². The predicted octanol–water partition coefficient (Wildman–Crippen LogP) is 3.13. The van der Waals surface area contributed by atoms with Crippen molar-refractivity contribution in [1.82, 2.24) is 14.8 Å². The van der Waals surface area contributed by atoms with Gasteiger partial charge in [0.05, 0.1) is 6.54 Å². The van der Waals surface area contributed by atoms with E-state index in [9.17, 15) is 14.4 Å². The van der Waals surface area contributed by atoms with E-state index < -0.39 is 17.9 Å². The molecular formula is C22H19N3O4. The lowest BCUT2D eigenvalue weighted by molar-refractivity contribution is -0.137. The van der Waals surface area contributed by atoms with Crippen LogP contribution in [0.1, 0.15) is 16.7 Å². The number of amides is 3. The molecule has 2 N–H and O–H groups in total. The second-order valence-electron chi connectivity index (χ2n) is 6.99.